The Balaban J connectivity index is 0.000000774. The molecule has 2 heterocycles. The first-order valence-electron chi connectivity index (χ1n) is 31.9. The SMILES string of the molecule is CC1CC(C(C)(C)C)C(OC(=O)C2=C(C(C)C)/C(=C/c3[nH]c(NC(=O)C(C)(C)C)c(C(=O)OC4C(C(C)(C)C)CC(C)CC4C(C)(C)C)c3C(C)C)[N-]C2=NC(=O)C(C)(C)C)C(C(C)(C)C)C1.CCC(C)(C)C(=O)Nc1ccc(S(=O)(=O)[N-]S(C)(=O)=O)cc1.[Zn+2]. The number of hydrogen-bond acceptors (Lipinski definition) is 11. The molecule has 90 heavy (non-hydrogen) atoms. The van der Waals surface area contributed by atoms with Crippen molar-refractivity contribution >= 4 is 73.1 Å². The van der Waals surface area contributed by atoms with Gasteiger partial charge in [-0.05, 0) is 130 Å². The summed E-state index contributed by atoms with van der Waals surface area (Å²) < 4.78 is 61.9. The quantitative estimate of drug-likeness (QED) is 0.118. The second kappa shape index (κ2) is 29.0. The van der Waals surface area contributed by atoms with Gasteiger partial charge in [-0.1, -0.05) is 187 Å². The van der Waals surface area contributed by atoms with Crippen LogP contribution < -0.4 is 10.6 Å². The van der Waals surface area contributed by atoms with Gasteiger partial charge in [-0.25, -0.2) is 26.4 Å². The van der Waals surface area contributed by atoms with E-state index in [1.54, 1.807) is 34.6 Å². The standard InChI is InChI=1S/C57H94N4O6.C13H19N2O5S2.Zn/c1-30(2)40-38(58-46(60-50(64)56(19,20)21)42(40)48(62)66-44-34(52(7,8)9)25-32(5)26-35(44)53(10,11)12)29-39-41(31(3)4)43(47(59-39)61-51(65)57(22,23)24)49(63)67-45-36(54(13,14)15)27-33(6)28-37(45)55(16,17)18;1-5-13(2,3)12(16)14-10-6-8-11(9-7-10)22(19,20)15-21(4,17)18;/h29-37,44-45H,25-28H2,1-24H3,(H3,58,59,60,61,62,63,64,65);6-9H,5H2,1-4H3,(H,14,16);/q;-1;+2/p-1. The van der Waals surface area contributed by atoms with Gasteiger partial charge in [0.1, 0.15) is 33.6 Å². The molecule has 5 rings (SSSR count). The maximum absolute atomic E-state index is 15.2. The summed E-state index contributed by atoms with van der Waals surface area (Å²) >= 11 is 0. The zero-order valence-corrected chi connectivity index (χ0v) is 64.7. The molecule has 4 atom stereocenters. The van der Waals surface area contributed by atoms with E-state index in [0.717, 1.165) is 25.7 Å². The van der Waals surface area contributed by atoms with Crippen LogP contribution in [0.3, 0.4) is 0 Å². The Morgan fingerprint density at radius 3 is 1.42 bits per heavy atom. The second-order valence-electron chi connectivity index (χ2n) is 33.4. The number of anilines is 2. The van der Waals surface area contributed by atoms with Crippen molar-refractivity contribution in [2.45, 2.75) is 242 Å². The molecule has 2 fully saturated rings. The molecule has 3 N–H and O–H groups in total. The monoisotopic (exact) mass is 1340 g/mol. The number of carbonyl (C=O) groups excluding carboxylic acids is 5. The van der Waals surface area contributed by atoms with Crippen molar-refractivity contribution in [1.82, 2.24) is 4.98 Å². The number of aromatic amines is 1. The Hall–Kier alpha value is -4.52. The van der Waals surface area contributed by atoms with Crippen molar-refractivity contribution in [2.75, 3.05) is 16.9 Å². The number of aliphatic imine (C=N–C) groups is 1. The number of aromatic nitrogens is 1. The Morgan fingerprint density at radius 2 is 1.07 bits per heavy atom. The fourth-order valence-electron chi connectivity index (χ4n) is 12.2. The number of rotatable bonds is 14. The fraction of sp³-hybridized carbons (Fsp3) is 0.714. The van der Waals surface area contributed by atoms with Crippen LogP contribution in [0.2, 0.25) is 0 Å². The van der Waals surface area contributed by atoms with E-state index in [1.807, 2.05) is 61.5 Å². The molecule has 2 aromatic rings. The second-order valence-corrected chi connectivity index (χ2v) is 36.9. The van der Waals surface area contributed by atoms with E-state index in [-0.39, 0.29) is 128 Å². The molecule has 0 saturated heterocycles. The minimum Gasteiger partial charge on any atom is -0.458 e. The molecule has 0 radical (unpaired) electrons. The molecular weight excluding hydrogens is 1230 g/mol. The summed E-state index contributed by atoms with van der Waals surface area (Å²) in [4.78, 5) is 77.8. The van der Waals surface area contributed by atoms with Crippen LogP contribution >= 0.6 is 0 Å². The molecule has 2 aliphatic carbocycles. The molecule has 0 bridgehead atoms. The van der Waals surface area contributed by atoms with Crippen LogP contribution in [0.15, 0.2) is 51.0 Å². The van der Waals surface area contributed by atoms with E-state index < -0.39 is 54.1 Å². The van der Waals surface area contributed by atoms with Crippen LogP contribution in [0.1, 0.15) is 247 Å². The van der Waals surface area contributed by atoms with E-state index in [9.17, 15) is 31.2 Å². The molecule has 502 valence electrons. The molecule has 1 aliphatic heterocycles. The van der Waals surface area contributed by atoms with Gasteiger partial charge < -0.3 is 39.5 Å². The summed E-state index contributed by atoms with van der Waals surface area (Å²) in [6, 6.07) is 5.15. The molecule has 20 heteroatoms. The Kier molecular flexibility index (Phi) is 25.7. The smallest absolute Gasteiger partial charge is 0.458 e. The molecule has 4 unspecified atom stereocenters. The molecule has 0 spiro atoms. The van der Waals surface area contributed by atoms with Crippen LogP contribution in [0, 0.1) is 79.3 Å². The molecule has 17 nitrogen and oxygen atoms in total. The number of esters is 2. The Bertz CT molecular complexity index is 3210. The van der Waals surface area contributed by atoms with Crippen LogP contribution in [0.25, 0.3) is 15.5 Å². The predicted molar refractivity (Wildman–Crippen MR) is 360 cm³/mol. The average Bonchev–Trinajstić information content (AvgIpc) is 1.40. The van der Waals surface area contributed by atoms with Crippen molar-refractivity contribution in [1.29, 1.82) is 0 Å². The third-order valence-electron chi connectivity index (χ3n) is 18.0. The number of ether oxygens (including phenoxy) is 2. The number of amides is 3. The third-order valence-corrected chi connectivity index (χ3v) is 20.7. The van der Waals surface area contributed by atoms with E-state index in [4.69, 9.17) is 14.8 Å². The fourth-order valence-corrected chi connectivity index (χ4v) is 14.5. The number of nitrogens with one attached hydrogen (secondary N) is 3. The van der Waals surface area contributed by atoms with Gasteiger partial charge in [-0.2, -0.15) is 0 Å². The Labute approximate surface area is 555 Å². The topological polar surface area (TPSA) is 252 Å². The Morgan fingerprint density at radius 1 is 0.644 bits per heavy atom. The molecule has 1 aromatic carbocycles. The molecule has 3 aliphatic rings. The number of allylic oxidation sites excluding steroid dienone is 1. The summed E-state index contributed by atoms with van der Waals surface area (Å²) in [6.45, 7) is 55.7. The van der Waals surface area contributed by atoms with E-state index in [0.29, 0.717) is 52.7 Å². The zero-order chi connectivity index (χ0) is 68.7. The summed E-state index contributed by atoms with van der Waals surface area (Å²) in [6.07, 6.45) is 6.19. The van der Waals surface area contributed by atoms with Gasteiger partial charge in [0.15, 0.2) is 5.91 Å². The molecular formula is C70H112N6O11S2Zn. The van der Waals surface area contributed by atoms with Crippen LogP contribution in [-0.2, 0) is 68.2 Å². The van der Waals surface area contributed by atoms with Crippen LogP contribution in [0.5, 0.6) is 0 Å². The summed E-state index contributed by atoms with van der Waals surface area (Å²) in [5.41, 5.74) is 0.392. The van der Waals surface area contributed by atoms with Gasteiger partial charge >= 0.3 is 31.4 Å². The number of nitrogens with zero attached hydrogens (tertiary/aromatic N) is 3. The van der Waals surface area contributed by atoms with E-state index >= 15 is 9.59 Å². The maximum Gasteiger partial charge on any atom is 2.00 e. The van der Waals surface area contributed by atoms with Gasteiger partial charge in [-0.3, -0.25) is 14.4 Å². The van der Waals surface area contributed by atoms with Crippen LogP contribution in [0.4, 0.5) is 11.5 Å². The van der Waals surface area contributed by atoms with E-state index in [1.165, 1.54) is 24.3 Å². The van der Waals surface area contributed by atoms with Crippen LogP contribution in [-0.4, -0.2) is 75.8 Å². The average molecular weight is 1340 g/mol. The van der Waals surface area contributed by atoms with Gasteiger partial charge in [0.2, 0.25) is 11.8 Å². The van der Waals surface area contributed by atoms with Gasteiger partial charge in [0.25, 0.3) is 0 Å². The summed E-state index contributed by atoms with van der Waals surface area (Å²) in [5, 5.41) is 10.8. The van der Waals surface area contributed by atoms with Crippen molar-refractivity contribution in [2.24, 2.45) is 84.3 Å². The van der Waals surface area contributed by atoms with Gasteiger partial charge in [0, 0.05) is 62.4 Å². The normalized spacial score (nSPS) is 23.4. The predicted octanol–water partition coefficient (Wildman–Crippen LogP) is 16.8. The number of hydrogen-bond donors (Lipinski definition) is 3. The molecule has 1 aromatic heterocycles. The first-order chi connectivity index (χ1) is 40.0. The zero-order valence-electron chi connectivity index (χ0n) is 60.1. The summed E-state index contributed by atoms with van der Waals surface area (Å²) in [5.74, 6) is -0.752. The number of benzene rings is 1. The van der Waals surface area contributed by atoms with Crippen molar-refractivity contribution in [3.05, 3.63) is 67.4 Å². The third kappa shape index (κ3) is 20.5. The molecule has 2 saturated carbocycles. The maximum atomic E-state index is 15.2. The van der Waals surface area contributed by atoms with E-state index in [2.05, 4.69) is 122 Å². The minimum absolute atomic E-state index is 0. The molecule has 3 amide bonds. The number of H-pyrrole nitrogens is 1. The number of carbonyl (C=O) groups is 5. The largest absolute Gasteiger partial charge is 2.00 e. The van der Waals surface area contributed by atoms with Gasteiger partial charge in [0.05, 0.1) is 15.6 Å². The van der Waals surface area contributed by atoms with Gasteiger partial charge in [-0.15, -0.1) is 0 Å². The first-order valence-corrected chi connectivity index (χ1v) is 35.2. The number of sulfonamides is 2. The number of amidine groups is 1. The van der Waals surface area contributed by atoms with Crippen molar-refractivity contribution in [3.8, 4) is 0 Å². The van der Waals surface area contributed by atoms with Crippen molar-refractivity contribution < 1.29 is 69.8 Å². The van der Waals surface area contributed by atoms with Crippen molar-refractivity contribution in [3.63, 3.8) is 0 Å². The minimum atomic E-state index is -4.27. The first kappa shape index (κ1) is 79.7. The summed E-state index contributed by atoms with van der Waals surface area (Å²) in [7, 11) is -8.29.